The molecule has 3 heterocycles. The van der Waals surface area contributed by atoms with Crippen molar-refractivity contribution in [2.75, 3.05) is 19.8 Å². The standard InChI is InChI=1S/C21H22ClF2N3O4/c1-2-26-9-15-20(29)19(28)12(8-27(15)14-5-6-31-10-16(14)26)21(30)25-7-11-3-4-13(23)17(22)18(11)24/h3-4,8,14,16,29H,2,5-7,9-10H2,1H3,(H,25,30)/t14-,16+/m0/s1. The molecule has 1 aromatic carbocycles. The van der Waals surface area contributed by atoms with Crippen molar-refractivity contribution in [3.8, 4) is 5.75 Å². The first-order chi connectivity index (χ1) is 14.8. The minimum atomic E-state index is -0.975. The smallest absolute Gasteiger partial charge is 0.257 e. The Hall–Kier alpha value is -2.49. The van der Waals surface area contributed by atoms with E-state index in [0.29, 0.717) is 31.9 Å². The maximum atomic E-state index is 14.1. The topological polar surface area (TPSA) is 83.8 Å². The maximum Gasteiger partial charge on any atom is 0.257 e. The summed E-state index contributed by atoms with van der Waals surface area (Å²) in [7, 11) is 0. The molecule has 0 spiro atoms. The van der Waals surface area contributed by atoms with Gasteiger partial charge in [-0.3, -0.25) is 14.5 Å². The number of halogens is 3. The number of benzene rings is 1. The zero-order chi connectivity index (χ0) is 22.3. The van der Waals surface area contributed by atoms with Gasteiger partial charge in [0.15, 0.2) is 5.75 Å². The highest BCUT2D eigenvalue weighted by atomic mass is 35.5. The molecule has 1 amide bonds. The van der Waals surface area contributed by atoms with E-state index in [1.165, 1.54) is 12.3 Å². The number of pyridine rings is 1. The molecule has 0 bridgehead atoms. The van der Waals surface area contributed by atoms with Crippen molar-refractivity contribution in [2.24, 2.45) is 0 Å². The third-order valence-electron chi connectivity index (χ3n) is 5.99. The molecule has 0 unspecified atom stereocenters. The van der Waals surface area contributed by atoms with Crippen LogP contribution in [0, 0.1) is 11.6 Å². The molecule has 1 aromatic heterocycles. The first-order valence-electron chi connectivity index (χ1n) is 10.0. The molecule has 1 saturated heterocycles. The highest BCUT2D eigenvalue weighted by Gasteiger charge is 2.38. The van der Waals surface area contributed by atoms with E-state index < -0.39 is 33.7 Å². The summed E-state index contributed by atoms with van der Waals surface area (Å²) in [4.78, 5) is 27.6. The van der Waals surface area contributed by atoms with Crippen LogP contribution in [0.25, 0.3) is 0 Å². The third kappa shape index (κ3) is 3.81. The summed E-state index contributed by atoms with van der Waals surface area (Å²) in [6.07, 6.45) is 2.13. The quantitative estimate of drug-likeness (QED) is 0.695. The Morgan fingerprint density at radius 2 is 2.13 bits per heavy atom. The molecular weight excluding hydrogens is 432 g/mol. The van der Waals surface area contributed by atoms with Crippen LogP contribution in [0.2, 0.25) is 5.02 Å². The molecule has 166 valence electrons. The number of rotatable bonds is 4. The number of nitrogens with zero attached hydrogens (tertiary/aromatic N) is 2. The van der Waals surface area contributed by atoms with Crippen molar-refractivity contribution < 1.29 is 23.4 Å². The minimum Gasteiger partial charge on any atom is -0.503 e. The van der Waals surface area contributed by atoms with Gasteiger partial charge in [-0.15, -0.1) is 0 Å². The predicted octanol–water partition coefficient (Wildman–Crippen LogP) is 2.58. The van der Waals surface area contributed by atoms with E-state index in [4.69, 9.17) is 16.3 Å². The average molecular weight is 454 g/mol. The first kappa shape index (κ1) is 21.7. The van der Waals surface area contributed by atoms with Crippen molar-refractivity contribution >= 4 is 17.5 Å². The van der Waals surface area contributed by atoms with Gasteiger partial charge in [-0.2, -0.15) is 0 Å². The van der Waals surface area contributed by atoms with Crippen LogP contribution in [0.15, 0.2) is 23.1 Å². The first-order valence-corrected chi connectivity index (χ1v) is 10.4. The van der Waals surface area contributed by atoms with Crippen molar-refractivity contribution in [2.45, 2.75) is 38.5 Å². The number of nitrogens with one attached hydrogen (secondary N) is 1. The minimum absolute atomic E-state index is 0.0230. The molecule has 31 heavy (non-hydrogen) atoms. The SMILES string of the molecule is CCN1Cc2c(O)c(=O)c(C(=O)NCc3ccc(F)c(Cl)c3F)cn2[C@H]2CCOC[C@H]21. The molecule has 2 aromatic rings. The third-order valence-corrected chi connectivity index (χ3v) is 6.33. The molecule has 10 heteroatoms. The van der Waals surface area contributed by atoms with Crippen molar-refractivity contribution in [3.05, 3.63) is 62.0 Å². The molecule has 4 rings (SSSR count). The fourth-order valence-electron chi connectivity index (χ4n) is 4.28. The number of likely N-dealkylation sites (N-methyl/N-ethyl adjacent to an activating group) is 1. The lowest BCUT2D eigenvalue weighted by atomic mass is 9.96. The molecular formula is C21H22ClF2N3O4. The maximum absolute atomic E-state index is 14.1. The summed E-state index contributed by atoms with van der Waals surface area (Å²) in [5, 5.41) is 12.4. The summed E-state index contributed by atoms with van der Waals surface area (Å²) in [6.45, 7) is 3.86. The number of amides is 1. The lowest BCUT2D eigenvalue weighted by molar-refractivity contribution is -0.0304. The summed E-state index contributed by atoms with van der Waals surface area (Å²) in [6, 6.07) is 2.18. The van der Waals surface area contributed by atoms with Crippen LogP contribution in [0.1, 0.15) is 41.0 Å². The van der Waals surface area contributed by atoms with Gasteiger partial charge in [0.1, 0.15) is 22.2 Å². The second kappa shape index (κ2) is 8.57. The van der Waals surface area contributed by atoms with E-state index in [0.717, 1.165) is 12.6 Å². The van der Waals surface area contributed by atoms with Crippen LogP contribution in [0.3, 0.4) is 0 Å². The number of ether oxygens (including phenoxy) is 1. The number of hydrogen-bond acceptors (Lipinski definition) is 5. The molecule has 0 aliphatic carbocycles. The largest absolute Gasteiger partial charge is 0.503 e. The van der Waals surface area contributed by atoms with Crippen LogP contribution >= 0.6 is 11.6 Å². The zero-order valence-electron chi connectivity index (χ0n) is 16.8. The second-order valence-electron chi connectivity index (χ2n) is 7.65. The van der Waals surface area contributed by atoms with Crippen LogP contribution in [-0.4, -0.2) is 46.3 Å². The van der Waals surface area contributed by atoms with E-state index in [1.54, 1.807) is 4.57 Å². The monoisotopic (exact) mass is 453 g/mol. The van der Waals surface area contributed by atoms with Crippen molar-refractivity contribution in [1.82, 2.24) is 14.8 Å². The normalized spacial score (nSPS) is 20.8. The Balaban J connectivity index is 1.64. The molecule has 1 fully saturated rings. The van der Waals surface area contributed by atoms with Gasteiger partial charge in [0.2, 0.25) is 5.43 Å². The lowest BCUT2D eigenvalue weighted by Gasteiger charge is -2.45. The van der Waals surface area contributed by atoms with Crippen LogP contribution < -0.4 is 10.7 Å². The predicted molar refractivity (Wildman–Crippen MR) is 109 cm³/mol. The molecule has 0 saturated carbocycles. The van der Waals surface area contributed by atoms with Gasteiger partial charge in [0.25, 0.3) is 5.91 Å². The molecule has 2 atom stereocenters. The molecule has 7 nitrogen and oxygen atoms in total. The number of fused-ring (bicyclic) bond motifs is 3. The van der Waals surface area contributed by atoms with Gasteiger partial charge in [-0.1, -0.05) is 24.6 Å². The number of aromatic hydroxyl groups is 1. The fraction of sp³-hybridized carbons (Fsp3) is 0.429. The Bertz CT molecular complexity index is 1090. The summed E-state index contributed by atoms with van der Waals surface area (Å²) in [5.41, 5.74) is -0.596. The Morgan fingerprint density at radius 1 is 1.35 bits per heavy atom. The van der Waals surface area contributed by atoms with Gasteiger partial charge in [-0.05, 0) is 19.0 Å². The number of hydrogen-bond donors (Lipinski definition) is 2. The van der Waals surface area contributed by atoms with Gasteiger partial charge in [0, 0.05) is 31.5 Å². The van der Waals surface area contributed by atoms with E-state index in [-0.39, 0.29) is 29.8 Å². The van der Waals surface area contributed by atoms with E-state index in [1.807, 2.05) is 6.92 Å². The molecule has 2 aliphatic heterocycles. The average Bonchev–Trinajstić information content (AvgIpc) is 2.78. The number of carbonyl (C=O) groups excluding carboxylic acids is 1. The molecule has 2 aliphatic rings. The number of carbonyl (C=O) groups is 1. The summed E-state index contributed by atoms with van der Waals surface area (Å²) < 4.78 is 34.8. The highest BCUT2D eigenvalue weighted by Crippen LogP contribution is 2.35. The second-order valence-corrected chi connectivity index (χ2v) is 8.03. The van der Waals surface area contributed by atoms with Gasteiger partial charge in [0.05, 0.1) is 24.4 Å². The van der Waals surface area contributed by atoms with E-state index in [9.17, 15) is 23.5 Å². The lowest BCUT2D eigenvalue weighted by Crippen LogP contribution is -2.52. The van der Waals surface area contributed by atoms with E-state index >= 15 is 0 Å². The molecule has 0 radical (unpaired) electrons. The summed E-state index contributed by atoms with van der Waals surface area (Å²) >= 11 is 5.57. The van der Waals surface area contributed by atoms with Crippen molar-refractivity contribution in [3.63, 3.8) is 0 Å². The number of aromatic nitrogens is 1. The van der Waals surface area contributed by atoms with Gasteiger partial charge < -0.3 is 19.7 Å². The van der Waals surface area contributed by atoms with Crippen LogP contribution in [0.4, 0.5) is 8.78 Å². The fourth-order valence-corrected chi connectivity index (χ4v) is 4.47. The van der Waals surface area contributed by atoms with E-state index in [2.05, 4.69) is 10.2 Å². The molecule has 2 N–H and O–H groups in total. The summed E-state index contributed by atoms with van der Waals surface area (Å²) in [5.74, 6) is -3.11. The Morgan fingerprint density at radius 3 is 2.87 bits per heavy atom. The Labute approximate surface area is 182 Å². The van der Waals surface area contributed by atoms with Crippen molar-refractivity contribution in [1.29, 1.82) is 0 Å². The van der Waals surface area contributed by atoms with Crippen LogP contribution in [-0.2, 0) is 17.8 Å². The zero-order valence-corrected chi connectivity index (χ0v) is 17.6. The highest BCUT2D eigenvalue weighted by molar-refractivity contribution is 6.30. The Kier molecular flexibility index (Phi) is 6.00. The van der Waals surface area contributed by atoms with Gasteiger partial charge >= 0.3 is 0 Å². The van der Waals surface area contributed by atoms with Gasteiger partial charge in [-0.25, -0.2) is 8.78 Å². The van der Waals surface area contributed by atoms with Crippen LogP contribution in [0.5, 0.6) is 5.75 Å².